The Morgan fingerprint density at radius 2 is 1.69 bits per heavy atom. The molecule has 2 rings (SSSR count). The molecule has 0 amide bonds. The Morgan fingerprint density at radius 1 is 0.938 bits per heavy atom. The van der Waals surface area contributed by atoms with E-state index in [-0.39, 0.29) is 12.4 Å². The van der Waals surface area contributed by atoms with E-state index < -0.39 is 0 Å². The summed E-state index contributed by atoms with van der Waals surface area (Å²) < 4.78 is 5.52. The molecule has 0 aliphatic carbocycles. The summed E-state index contributed by atoms with van der Waals surface area (Å²) in [6.07, 6.45) is 0. The van der Waals surface area contributed by atoms with Crippen LogP contribution < -0.4 is 4.74 Å². The average Bonchev–Trinajstić information content (AvgIpc) is 2.33. The van der Waals surface area contributed by atoms with Gasteiger partial charge in [-0.15, -0.1) is 0 Å². The minimum atomic E-state index is -0.170. The van der Waals surface area contributed by atoms with Crippen molar-refractivity contribution in [2.24, 2.45) is 0 Å². The maximum atomic E-state index is 9.65. The van der Waals surface area contributed by atoms with Crippen molar-refractivity contribution in [2.75, 3.05) is 0 Å². The number of aliphatic hydroxyl groups is 1. The molecule has 2 N–H and O–H groups in total. The van der Waals surface area contributed by atoms with Gasteiger partial charge in [-0.1, -0.05) is 30.3 Å². The lowest BCUT2D eigenvalue weighted by molar-refractivity contribution is 0.274. The summed E-state index contributed by atoms with van der Waals surface area (Å²) >= 11 is 0. The molecule has 0 aliphatic heterocycles. The van der Waals surface area contributed by atoms with Crippen LogP contribution in [0.15, 0.2) is 48.5 Å². The van der Waals surface area contributed by atoms with Crippen molar-refractivity contribution < 1.29 is 14.9 Å². The van der Waals surface area contributed by atoms with Crippen LogP contribution in [0.4, 0.5) is 0 Å². The number of aromatic hydroxyl groups is 1. The Labute approximate surface area is 93.6 Å². The highest BCUT2D eigenvalue weighted by atomic mass is 16.5. The van der Waals surface area contributed by atoms with E-state index in [1.165, 1.54) is 6.07 Å². The van der Waals surface area contributed by atoms with Crippen LogP contribution in [0.25, 0.3) is 0 Å². The molecule has 82 valence electrons. The minimum Gasteiger partial charge on any atom is -0.504 e. The maximum Gasteiger partial charge on any atom is 0.174 e. The van der Waals surface area contributed by atoms with Gasteiger partial charge in [-0.05, 0) is 18.2 Å². The van der Waals surface area contributed by atoms with Crippen LogP contribution in [0, 0.1) is 0 Å². The highest BCUT2D eigenvalue weighted by molar-refractivity contribution is 5.47. The first kappa shape index (κ1) is 10.5. The van der Waals surface area contributed by atoms with Crippen LogP contribution >= 0.6 is 0 Å². The summed E-state index contributed by atoms with van der Waals surface area (Å²) in [5, 5.41) is 18.8. The molecule has 0 spiro atoms. The molecule has 0 aliphatic rings. The summed E-state index contributed by atoms with van der Waals surface area (Å²) in [6, 6.07) is 14.0. The number of hydrogen-bond acceptors (Lipinski definition) is 3. The highest BCUT2D eigenvalue weighted by Crippen LogP contribution is 2.33. The zero-order valence-electron chi connectivity index (χ0n) is 8.63. The lowest BCUT2D eigenvalue weighted by atomic mass is 10.2. The molecule has 0 heterocycles. The lowest BCUT2D eigenvalue weighted by Gasteiger charge is -2.10. The van der Waals surface area contributed by atoms with Gasteiger partial charge in [0.1, 0.15) is 5.75 Å². The van der Waals surface area contributed by atoms with Gasteiger partial charge in [0.15, 0.2) is 11.5 Å². The Morgan fingerprint density at radius 3 is 2.38 bits per heavy atom. The molecule has 0 saturated heterocycles. The molecule has 0 unspecified atom stereocenters. The third kappa shape index (κ3) is 2.15. The van der Waals surface area contributed by atoms with E-state index in [1.54, 1.807) is 24.3 Å². The van der Waals surface area contributed by atoms with Crippen LogP contribution in [0.1, 0.15) is 5.56 Å². The number of phenolic OH excluding ortho intramolecular Hbond substituents is 1. The first-order chi connectivity index (χ1) is 7.81. The van der Waals surface area contributed by atoms with Crippen LogP contribution in [-0.4, -0.2) is 10.2 Å². The van der Waals surface area contributed by atoms with E-state index in [4.69, 9.17) is 9.84 Å². The highest BCUT2D eigenvalue weighted by Gasteiger charge is 2.08. The van der Waals surface area contributed by atoms with Gasteiger partial charge < -0.3 is 14.9 Å². The van der Waals surface area contributed by atoms with Gasteiger partial charge in [0, 0.05) is 5.56 Å². The number of rotatable bonds is 3. The van der Waals surface area contributed by atoms with E-state index in [0.717, 1.165) is 0 Å². The van der Waals surface area contributed by atoms with Gasteiger partial charge >= 0.3 is 0 Å². The van der Waals surface area contributed by atoms with Gasteiger partial charge in [-0.3, -0.25) is 0 Å². The third-order valence-corrected chi connectivity index (χ3v) is 2.21. The van der Waals surface area contributed by atoms with Crippen LogP contribution in [0.2, 0.25) is 0 Å². The van der Waals surface area contributed by atoms with Crippen LogP contribution in [0.3, 0.4) is 0 Å². The Kier molecular flexibility index (Phi) is 3.08. The van der Waals surface area contributed by atoms with Crippen molar-refractivity contribution in [2.45, 2.75) is 6.61 Å². The molecule has 0 bridgehead atoms. The number of benzene rings is 2. The van der Waals surface area contributed by atoms with Crippen molar-refractivity contribution in [3.05, 3.63) is 54.1 Å². The summed E-state index contributed by atoms with van der Waals surface area (Å²) in [7, 11) is 0. The molecule has 3 nitrogen and oxygen atoms in total. The fourth-order valence-electron chi connectivity index (χ4n) is 1.42. The standard InChI is InChI=1S/C13H12O3/c14-9-10-5-4-8-12(15)13(10)16-11-6-2-1-3-7-11/h1-8,14-15H,9H2. The molecule has 0 aromatic heterocycles. The fourth-order valence-corrected chi connectivity index (χ4v) is 1.42. The second-order valence-corrected chi connectivity index (χ2v) is 3.34. The van der Waals surface area contributed by atoms with Crippen molar-refractivity contribution in [1.82, 2.24) is 0 Å². The smallest absolute Gasteiger partial charge is 0.174 e. The number of aliphatic hydroxyl groups excluding tert-OH is 1. The van der Waals surface area contributed by atoms with E-state index in [1.807, 2.05) is 18.2 Å². The molecule has 3 heteroatoms. The second-order valence-electron chi connectivity index (χ2n) is 3.34. The number of phenols is 1. The van der Waals surface area contributed by atoms with Crippen LogP contribution in [-0.2, 0) is 6.61 Å². The Hall–Kier alpha value is -2.00. The average molecular weight is 216 g/mol. The van der Waals surface area contributed by atoms with Gasteiger partial charge in [0.2, 0.25) is 0 Å². The van der Waals surface area contributed by atoms with Crippen LogP contribution in [0.5, 0.6) is 17.2 Å². The predicted molar refractivity (Wildman–Crippen MR) is 60.5 cm³/mol. The Bertz CT molecular complexity index is 466. The summed E-state index contributed by atoms with van der Waals surface area (Å²) in [6.45, 7) is -0.170. The SMILES string of the molecule is OCc1cccc(O)c1Oc1ccccc1. The Balaban J connectivity index is 2.34. The maximum absolute atomic E-state index is 9.65. The zero-order valence-corrected chi connectivity index (χ0v) is 8.63. The largest absolute Gasteiger partial charge is 0.504 e. The number of para-hydroxylation sites is 2. The molecular formula is C13H12O3. The molecule has 0 fully saturated rings. The number of ether oxygens (including phenoxy) is 1. The van der Waals surface area contributed by atoms with E-state index >= 15 is 0 Å². The molecule has 16 heavy (non-hydrogen) atoms. The van der Waals surface area contributed by atoms with Crippen molar-refractivity contribution in [3.8, 4) is 17.2 Å². The fraction of sp³-hybridized carbons (Fsp3) is 0.0769. The summed E-state index contributed by atoms with van der Waals surface area (Å²) in [5.41, 5.74) is 0.559. The normalized spacial score (nSPS) is 10.1. The van der Waals surface area contributed by atoms with Crippen molar-refractivity contribution >= 4 is 0 Å². The minimum absolute atomic E-state index is 0.0235. The zero-order chi connectivity index (χ0) is 11.4. The van der Waals surface area contributed by atoms with Crippen molar-refractivity contribution in [3.63, 3.8) is 0 Å². The lowest BCUT2D eigenvalue weighted by Crippen LogP contribution is -1.91. The van der Waals surface area contributed by atoms with Crippen molar-refractivity contribution in [1.29, 1.82) is 0 Å². The van der Waals surface area contributed by atoms with Gasteiger partial charge in [0.05, 0.1) is 6.61 Å². The summed E-state index contributed by atoms with van der Waals surface area (Å²) in [5.74, 6) is 0.949. The predicted octanol–water partition coefficient (Wildman–Crippen LogP) is 2.68. The monoisotopic (exact) mass is 216 g/mol. The first-order valence-corrected chi connectivity index (χ1v) is 4.96. The van der Waals surface area contributed by atoms with Gasteiger partial charge in [-0.25, -0.2) is 0 Å². The molecule has 2 aromatic rings. The second kappa shape index (κ2) is 4.68. The molecule has 0 saturated carbocycles. The molecule has 0 atom stereocenters. The molecule has 0 radical (unpaired) electrons. The molecule has 2 aromatic carbocycles. The number of hydrogen-bond donors (Lipinski definition) is 2. The van der Waals surface area contributed by atoms with E-state index in [0.29, 0.717) is 17.1 Å². The molecular weight excluding hydrogens is 204 g/mol. The van der Waals surface area contributed by atoms with E-state index in [9.17, 15) is 5.11 Å². The first-order valence-electron chi connectivity index (χ1n) is 4.96. The third-order valence-electron chi connectivity index (χ3n) is 2.21. The quantitative estimate of drug-likeness (QED) is 0.829. The van der Waals surface area contributed by atoms with Gasteiger partial charge in [-0.2, -0.15) is 0 Å². The van der Waals surface area contributed by atoms with E-state index in [2.05, 4.69) is 0 Å². The summed E-state index contributed by atoms with van der Waals surface area (Å²) in [4.78, 5) is 0. The topological polar surface area (TPSA) is 49.7 Å². The van der Waals surface area contributed by atoms with Gasteiger partial charge in [0.25, 0.3) is 0 Å².